The molecule has 0 spiro atoms. The molecule has 0 aromatic carbocycles. The van der Waals surface area contributed by atoms with Gasteiger partial charge in [-0.25, -0.2) is 0 Å². The largest absolute Gasteiger partial charge is 0.395 e. The Bertz CT molecular complexity index is 102. The molecule has 2 heteroatoms. The van der Waals surface area contributed by atoms with Crippen molar-refractivity contribution in [3.05, 3.63) is 0 Å². The minimum absolute atomic E-state index is 0.0679. The fraction of sp³-hybridized carbons (Fsp3) is 1.00. The molecule has 0 bridgehead atoms. The fourth-order valence-electron chi connectivity index (χ4n) is 1.39. The van der Waals surface area contributed by atoms with Crippen LogP contribution in [0.4, 0.5) is 0 Å². The van der Waals surface area contributed by atoms with Gasteiger partial charge in [-0.15, -0.1) is 0 Å². The minimum atomic E-state index is -0.0679. The predicted octanol–water partition coefficient (Wildman–Crippen LogP) is 2.96. The Balaban J connectivity index is 3.64. The zero-order chi connectivity index (χ0) is 8.91. The van der Waals surface area contributed by atoms with Gasteiger partial charge in [-0.2, -0.15) is 0 Å². The first-order valence-corrected chi connectivity index (χ1v) is 5.11. The lowest BCUT2D eigenvalue weighted by Crippen LogP contribution is -2.23. The summed E-state index contributed by atoms with van der Waals surface area (Å²) in [6.45, 7) is 6.69. The lowest BCUT2D eigenvalue weighted by molar-refractivity contribution is 0.237. The smallest absolute Gasteiger partial charge is 0.0582 e. The second kappa shape index (κ2) is 5.15. The topological polar surface area (TPSA) is 20.2 Å². The van der Waals surface area contributed by atoms with E-state index in [1.165, 1.54) is 12.8 Å². The summed E-state index contributed by atoms with van der Waals surface area (Å²) in [7, 11) is 0. The van der Waals surface area contributed by atoms with Crippen molar-refractivity contribution in [2.24, 2.45) is 5.92 Å². The first-order chi connectivity index (χ1) is 5.02. The number of halogens is 1. The van der Waals surface area contributed by atoms with Crippen LogP contribution < -0.4 is 0 Å². The average Bonchev–Trinajstić information content (AvgIpc) is 1.87. The van der Waals surface area contributed by atoms with Crippen LogP contribution in [0, 0.1) is 5.92 Å². The second-order valence-corrected chi connectivity index (χ2v) is 5.58. The highest BCUT2D eigenvalue weighted by molar-refractivity contribution is 9.10. The van der Waals surface area contributed by atoms with E-state index in [4.69, 9.17) is 5.11 Å². The molecule has 0 aliphatic carbocycles. The van der Waals surface area contributed by atoms with E-state index in [0.29, 0.717) is 5.92 Å². The Hall–Kier alpha value is 0.440. The lowest BCUT2D eigenvalue weighted by atomic mass is 9.94. The molecular weight excluding hydrogens is 204 g/mol. The van der Waals surface area contributed by atoms with Gasteiger partial charge in [-0.1, -0.05) is 42.6 Å². The fourth-order valence-corrected chi connectivity index (χ4v) is 1.94. The third-order valence-electron chi connectivity index (χ3n) is 1.89. The van der Waals surface area contributed by atoms with Crippen LogP contribution in [0.5, 0.6) is 0 Å². The van der Waals surface area contributed by atoms with Crippen LogP contribution in [0.3, 0.4) is 0 Å². The highest BCUT2D eigenvalue weighted by atomic mass is 79.9. The lowest BCUT2D eigenvalue weighted by Gasteiger charge is -2.23. The summed E-state index contributed by atoms with van der Waals surface area (Å²) < 4.78 is -0.0679. The van der Waals surface area contributed by atoms with Gasteiger partial charge in [0.25, 0.3) is 0 Å². The first kappa shape index (κ1) is 11.4. The molecule has 0 amide bonds. The van der Waals surface area contributed by atoms with Crippen molar-refractivity contribution >= 4 is 15.9 Å². The highest BCUT2D eigenvalue weighted by Crippen LogP contribution is 2.27. The zero-order valence-electron chi connectivity index (χ0n) is 7.73. The molecule has 0 aromatic rings. The molecule has 2 unspecified atom stereocenters. The van der Waals surface area contributed by atoms with Gasteiger partial charge in [0.1, 0.15) is 0 Å². The highest BCUT2D eigenvalue weighted by Gasteiger charge is 2.21. The van der Waals surface area contributed by atoms with Gasteiger partial charge in [0.05, 0.1) is 6.61 Å². The van der Waals surface area contributed by atoms with Gasteiger partial charge in [-0.3, -0.25) is 0 Å². The number of hydrogen-bond donors (Lipinski definition) is 1. The van der Waals surface area contributed by atoms with E-state index < -0.39 is 0 Å². The molecule has 1 nitrogen and oxygen atoms in total. The van der Waals surface area contributed by atoms with Gasteiger partial charge < -0.3 is 5.11 Å². The summed E-state index contributed by atoms with van der Waals surface area (Å²) in [5, 5.41) is 8.96. The SMILES string of the molecule is CCCC(C)CC(C)(Br)CO. The first-order valence-electron chi connectivity index (χ1n) is 4.31. The van der Waals surface area contributed by atoms with Crippen LogP contribution in [-0.4, -0.2) is 16.0 Å². The van der Waals surface area contributed by atoms with E-state index in [-0.39, 0.29) is 10.9 Å². The molecule has 1 N–H and O–H groups in total. The van der Waals surface area contributed by atoms with Crippen molar-refractivity contribution < 1.29 is 5.11 Å². The Morgan fingerprint density at radius 3 is 2.45 bits per heavy atom. The molecule has 0 heterocycles. The Labute approximate surface area is 78.3 Å². The maximum Gasteiger partial charge on any atom is 0.0582 e. The van der Waals surface area contributed by atoms with Crippen molar-refractivity contribution in [3.63, 3.8) is 0 Å². The quantitative estimate of drug-likeness (QED) is 0.710. The van der Waals surface area contributed by atoms with Crippen LogP contribution in [0.15, 0.2) is 0 Å². The molecule has 0 saturated carbocycles. The number of aliphatic hydroxyl groups excluding tert-OH is 1. The van der Waals surface area contributed by atoms with Crippen molar-refractivity contribution in [2.45, 2.75) is 44.4 Å². The van der Waals surface area contributed by atoms with Gasteiger partial charge in [0.2, 0.25) is 0 Å². The second-order valence-electron chi connectivity index (χ2n) is 3.67. The number of rotatable bonds is 5. The molecule has 0 rings (SSSR count). The van der Waals surface area contributed by atoms with E-state index in [1.54, 1.807) is 0 Å². The molecular formula is C9H19BrO. The monoisotopic (exact) mass is 222 g/mol. The summed E-state index contributed by atoms with van der Waals surface area (Å²) in [6.07, 6.45) is 3.54. The molecule has 2 atom stereocenters. The van der Waals surface area contributed by atoms with E-state index in [1.807, 2.05) is 6.92 Å². The molecule has 68 valence electrons. The van der Waals surface area contributed by atoms with E-state index in [9.17, 15) is 0 Å². The minimum Gasteiger partial charge on any atom is -0.395 e. The summed E-state index contributed by atoms with van der Waals surface area (Å²) in [6, 6.07) is 0. The number of alkyl halides is 1. The molecule has 0 aromatic heterocycles. The average molecular weight is 223 g/mol. The third kappa shape index (κ3) is 5.68. The predicted molar refractivity (Wildman–Crippen MR) is 53.1 cm³/mol. The molecule has 0 fully saturated rings. The summed E-state index contributed by atoms with van der Waals surface area (Å²) in [5.41, 5.74) is 0. The van der Waals surface area contributed by atoms with Crippen LogP contribution >= 0.6 is 15.9 Å². The standard InChI is InChI=1S/C9H19BrO/c1-4-5-8(2)6-9(3,10)7-11/h8,11H,4-7H2,1-3H3. The van der Waals surface area contributed by atoms with E-state index in [2.05, 4.69) is 29.8 Å². The van der Waals surface area contributed by atoms with Crippen molar-refractivity contribution in [1.82, 2.24) is 0 Å². The van der Waals surface area contributed by atoms with Gasteiger partial charge >= 0.3 is 0 Å². The Kier molecular flexibility index (Phi) is 5.36. The summed E-state index contributed by atoms with van der Waals surface area (Å²) in [5.74, 6) is 0.705. The summed E-state index contributed by atoms with van der Waals surface area (Å²) >= 11 is 3.50. The molecule has 0 aliphatic rings. The van der Waals surface area contributed by atoms with Crippen LogP contribution in [0.1, 0.15) is 40.0 Å². The van der Waals surface area contributed by atoms with Crippen molar-refractivity contribution in [3.8, 4) is 0 Å². The Morgan fingerprint density at radius 1 is 1.55 bits per heavy atom. The van der Waals surface area contributed by atoms with Crippen LogP contribution in [-0.2, 0) is 0 Å². The van der Waals surface area contributed by atoms with Gasteiger partial charge in [0, 0.05) is 4.32 Å². The van der Waals surface area contributed by atoms with Gasteiger partial charge in [0.15, 0.2) is 0 Å². The maximum atomic E-state index is 8.96. The summed E-state index contributed by atoms with van der Waals surface area (Å²) in [4.78, 5) is 0. The van der Waals surface area contributed by atoms with Crippen LogP contribution in [0.2, 0.25) is 0 Å². The zero-order valence-corrected chi connectivity index (χ0v) is 9.32. The third-order valence-corrected chi connectivity index (χ3v) is 2.46. The normalized spacial score (nSPS) is 19.4. The maximum absolute atomic E-state index is 8.96. The number of hydrogen-bond acceptors (Lipinski definition) is 1. The molecule has 0 radical (unpaired) electrons. The number of aliphatic hydroxyl groups is 1. The Morgan fingerprint density at radius 2 is 2.09 bits per heavy atom. The van der Waals surface area contributed by atoms with E-state index in [0.717, 1.165) is 6.42 Å². The molecule has 11 heavy (non-hydrogen) atoms. The molecule has 0 saturated heterocycles. The van der Waals surface area contributed by atoms with Gasteiger partial charge in [-0.05, 0) is 19.3 Å². The van der Waals surface area contributed by atoms with E-state index >= 15 is 0 Å². The van der Waals surface area contributed by atoms with Crippen molar-refractivity contribution in [1.29, 1.82) is 0 Å². The van der Waals surface area contributed by atoms with Crippen LogP contribution in [0.25, 0.3) is 0 Å². The molecule has 0 aliphatic heterocycles. The van der Waals surface area contributed by atoms with Crippen molar-refractivity contribution in [2.75, 3.05) is 6.61 Å².